The quantitative estimate of drug-likeness (QED) is 0.281. The van der Waals surface area contributed by atoms with Gasteiger partial charge < -0.3 is 9.16 Å². The molecule has 0 rings (SSSR count). The van der Waals surface area contributed by atoms with E-state index in [2.05, 4.69) is 45.7 Å². The molecular weight excluding hydrogens is 304 g/mol. The van der Waals surface area contributed by atoms with Gasteiger partial charge >= 0.3 is 5.97 Å². The van der Waals surface area contributed by atoms with Crippen LogP contribution in [0.2, 0.25) is 18.1 Å². The molecule has 0 aromatic carbocycles. The molecule has 0 bridgehead atoms. The molecule has 0 saturated heterocycles. The van der Waals surface area contributed by atoms with Gasteiger partial charge in [-0.25, -0.2) is 4.79 Å². The average molecular weight is 339 g/mol. The van der Waals surface area contributed by atoms with Gasteiger partial charge in [0.2, 0.25) is 0 Å². The molecule has 1 atom stereocenters. The highest BCUT2D eigenvalue weighted by Crippen LogP contribution is 2.38. The number of ether oxygens (including phenoxy) is 1. The molecule has 0 aromatic heterocycles. The van der Waals surface area contributed by atoms with E-state index < -0.39 is 8.32 Å². The Morgan fingerprint density at radius 3 is 2.30 bits per heavy atom. The zero-order chi connectivity index (χ0) is 18.1. The summed E-state index contributed by atoms with van der Waals surface area (Å²) in [5.41, 5.74) is 0.923. The first kappa shape index (κ1) is 21.9. The molecule has 1 unspecified atom stereocenters. The third-order valence-electron chi connectivity index (χ3n) is 4.22. The second kappa shape index (κ2) is 9.95. The Labute approximate surface area is 144 Å². The number of rotatable bonds is 7. The predicted octanol–water partition coefficient (Wildman–Crippen LogP) is 5.08. The number of hydrogen-bond donors (Lipinski definition) is 0. The highest BCUT2D eigenvalue weighted by molar-refractivity contribution is 6.74. The molecule has 0 amide bonds. The molecular formula is C19H34O3Si. The van der Waals surface area contributed by atoms with Crippen molar-refractivity contribution in [2.24, 2.45) is 0 Å². The summed E-state index contributed by atoms with van der Waals surface area (Å²) in [4.78, 5) is 11.7. The van der Waals surface area contributed by atoms with Crippen molar-refractivity contribution in [3.05, 3.63) is 11.6 Å². The summed E-state index contributed by atoms with van der Waals surface area (Å²) in [6.45, 7) is 17.3. The van der Waals surface area contributed by atoms with Crippen LogP contribution in [0.25, 0.3) is 0 Å². The first-order chi connectivity index (χ1) is 10.5. The van der Waals surface area contributed by atoms with E-state index in [1.54, 1.807) is 6.08 Å². The smallest absolute Gasteiger partial charge is 0.330 e. The fourth-order valence-electron chi connectivity index (χ4n) is 1.79. The van der Waals surface area contributed by atoms with Crippen molar-refractivity contribution < 1.29 is 14.0 Å². The summed E-state index contributed by atoms with van der Waals surface area (Å²) < 4.78 is 11.5. The van der Waals surface area contributed by atoms with Gasteiger partial charge in [-0.3, -0.25) is 0 Å². The van der Waals surface area contributed by atoms with E-state index in [0.717, 1.165) is 24.8 Å². The lowest BCUT2D eigenvalue weighted by molar-refractivity contribution is -0.137. The second-order valence-corrected chi connectivity index (χ2v) is 12.0. The van der Waals surface area contributed by atoms with Gasteiger partial charge in [0.1, 0.15) is 0 Å². The molecule has 132 valence electrons. The molecule has 0 N–H and O–H groups in total. The molecule has 23 heavy (non-hydrogen) atoms. The third kappa shape index (κ3) is 8.38. The molecule has 0 saturated carbocycles. The minimum atomic E-state index is -1.91. The minimum absolute atomic E-state index is 0.0774. The van der Waals surface area contributed by atoms with Gasteiger partial charge in [-0.15, -0.1) is 11.8 Å². The molecule has 0 spiro atoms. The maximum Gasteiger partial charge on any atom is 0.330 e. The van der Waals surface area contributed by atoms with Crippen LogP contribution in [0.15, 0.2) is 11.6 Å². The minimum Gasteiger partial charge on any atom is -0.463 e. The van der Waals surface area contributed by atoms with Crippen LogP contribution in [0, 0.1) is 11.8 Å². The fraction of sp³-hybridized carbons (Fsp3) is 0.737. The second-order valence-electron chi connectivity index (χ2n) is 7.25. The number of carbonyl (C=O) groups excluding carboxylic acids is 1. The van der Waals surface area contributed by atoms with Crippen molar-refractivity contribution in [2.45, 2.75) is 85.0 Å². The molecule has 3 nitrogen and oxygen atoms in total. The Hall–Kier alpha value is -1.05. The number of carbonyl (C=O) groups is 1. The number of hydrogen-bond acceptors (Lipinski definition) is 3. The van der Waals surface area contributed by atoms with E-state index in [-0.39, 0.29) is 17.1 Å². The summed E-state index contributed by atoms with van der Waals surface area (Å²) in [5.74, 6) is 5.96. The van der Waals surface area contributed by atoms with E-state index in [4.69, 9.17) is 9.16 Å². The van der Waals surface area contributed by atoms with Crippen molar-refractivity contribution in [1.29, 1.82) is 0 Å². The number of esters is 1. The lowest BCUT2D eigenvalue weighted by Gasteiger charge is -2.39. The van der Waals surface area contributed by atoms with Crippen molar-refractivity contribution in [3.63, 3.8) is 0 Å². The average Bonchev–Trinajstić information content (AvgIpc) is 2.40. The van der Waals surface area contributed by atoms with Crippen molar-refractivity contribution in [3.8, 4) is 11.8 Å². The Balaban J connectivity index is 5.19. The Morgan fingerprint density at radius 1 is 1.22 bits per heavy atom. The summed E-state index contributed by atoms with van der Waals surface area (Å²) in [5, 5.41) is 0.130. The molecule has 0 aliphatic carbocycles. The van der Waals surface area contributed by atoms with Gasteiger partial charge in [-0.1, -0.05) is 27.7 Å². The van der Waals surface area contributed by atoms with Gasteiger partial charge in [-0.2, -0.15) is 0 Å². The highest BCUT2D eigenvalue weighted by Gasteiger charge is 2.39. The topological polar surface area (TPSA) is 35.5 Å². The standard InChI is InChI=1S/C19H34O3Si/c1-9-11-12-13-14-17(16(3)15-18(20)21-10-2)22-23(7,8)19(4,5)6/h15,17H,9-10,13-14H2,1-8H3/b16-15+. The van der Waals surface area contributed by atoms with Gasteiger partial charge in [0, 0.05) is 18.9 Å². The Bertz CT molecular complexity index is 461. The molecule has 0 aromatic rings. The Kier molecular flexibility index (Phi) is 9.49. The summed E-state index contributed by atoms with van der Waals surface area (Å²) in [6.07, 6.45) is 3.94. The molecule has 4 heteroatoms. The molecule has 0 aliphatic rings. The van der Waals surface area contributed by atoms with Crippen LogP contribution >= 0.6 is 0 Å². The lowest BCUT2D eigenvalue weighted by Crippen LogP contribution is -2.44. The fourth-order valence-corrected chi connectivity index (χ4v) is 3.16. The first-order valence-electron chi connectivity index (χ1n) is 8.53. The summed E-state index contributed by atoms with van der Waals surface area (Å²) in [7, 11) is -1.91. The van der Waals surface area contributed by atoms with Crippen molar-refractivity contribution >= 4 is 14.3 Å². The van der Waals surface area contributed by atoms with Crippen LogP contribution in [-0.4, -0.2) is 27.0 Å². The zero-order valence-electron chi connectivity index (χ0n) is 16.2. The van der Waals surface area contributed by atoms with E-state index in [1.807, 2.05) is 20.8 Å². The van der Waals surface area contributed by atoms with E-state index in [0.29, 0.717) is 6.61 Å². The van der Waals surface area contributed by atoms with Crippen LogP contribution in [0.1, 0.15) is 60.8 Å². The van der Waals surface area contributed by atoms with Gasteiger partial charge in [-0.05, 0) is 44.0 Å². The van der Waals surface area contributed by atoms with Crippen LogP contribution in [0.3, 0.4) is 0 Å². The van der Waals surface area contributed by atoms with Crippen LogP contribution in [0.5, 0.6) is 0 Å². The van der Waals surface area contributed by atoms with Gasteiger partial charge in [0.25, 0.3) is 0 Å². The van der Waals surface area contributed by atoms with E-state index in [1.165, 1.54) is 0 Å². The highest BCUT2D eigenvalue weighted by atomic mass is 28.4. The SMILES string of the molecule is CCC#CCCC(O[Si](C)(C)C(C)(C)C)/C(C)=C/C(=O)OCC. The van der Waals surface area contributed by atoms with E-state index in [9.17, 15) is 4.79 Å². The third-order valence-corrected chi connectivity index (χ3v) is 8.70. The van der Waals surface area contributed by atoms with Crippen LogP contribution in [0.4, 0.5) is 0 Å². The first-order valence-corrected chi connectivity index (χ1v) is 11.4. The zero-order valence-corrected chi connectivity index (χ0v) is 17.2. The van der Waals surface area contributed by atoms with Crippen LogP contribution in [-0.2, 0) is 14.0 Å². The van der Waals surface area contributed by atoms with Crippen molar-refractivity contribution in [2.75, 3.05) is 6.61 Å². The van der Waals surface area contributed by atoms with Gasteiger partial charge in [0.15, 0.2) is 8.32 Å². The van der Waals surface area contributed by atoms with Crippen molar-refractivity contribution in [1.82, 2.24) is 0 Å². The maximum atomic E-state index is 11.7. The molecule has 0 radical (unpaired) electrons. The largest absolute Gasteiger partial charge is 0.463 e. The Morgan fingerprint density at radius 2 is 1.83 bits per heavy atom. The molecule has 0 aliphatic heterocycles. The normalized spacial score (nSPS) is 14.0. The summed E-state index contributed by atoms with van der Waals surface area (Å²) >= 11 is 0. The predicted molar refractivity (Wildman–Crippen MR) is 99.8 cm³/mol. The van der Waals surface area contributed by atoms with Crippen LogP contribution < -0.4 is 0 Å². The lowest BCUT2D eigenvalue weighted by atomic mass is 10.1. The van der Waals surface area contributed by atoms with E-state index >= 15 is 0 Å². The molecule has 0 fully saturated rings. The monoisotopic (exact) mass is 338 g/mol. The molecule has 0 heterocycles. The summed E-state index contributed by atoms with van der Waals surface area (Å²) in [6, 6.07) is 0. The van der Waals surface area contributed by atoms with Gasteiger partial charge in [0.05, 0.1) is 12.7 Å². The maximum absolute atomic E-state index is 11.7.